The third-order valence-electron chi connectivity index (χ3n) is 6.94. The number of imidazole rings is 1. The van der Waals surface area contributed by atoms with Crippen molar-refractivity contribution < 1.29 is 22.6 Å². The van der Waals surface area contributed by atoms with Gasteiger partial charge in [0.05, 0.1) is 22.1 Å². The highest BCUT2D eigenvalue weighted by Gasteiger charge is 2.35. The first-order valence-corrected chi connectivity index (χ1v) is 12.7. The van der Waals surface area contributed by atoms with Crippen molar-refractivity contribution in [2.75, 3.05) is 25.5 Å². The molecule has 5 aromatic rings. The number of nitrogens with zero attached hydrogens (tertiary/aromatic N) is 3. The minimum atomic E-state index is -4.52. The Morgan fingerprint density at radius 3 is 2.72 bits per heavy atom. The number of halogens is 3. The van der Waals surface area contributed by atoms with Crippen molar-refractivity contribution in [3.63, 3.8) is 0 Å². The Bertz CT molecular complexity index is 1630. The molecule has 3 heterocycles. The molecule has 1 fully saturated rings. The molecule has 2 aromatic heterocycles. The number of alkyl halides is 3. The van der Waals surface area contributed by atoms with Gasteiger partial charge in [-0.25, -0.2) is 4.98 Å². The number of likely N-dealkylation sites (N-methyl/N-ethyl adjacent to an activating group) is 1. The van der Waals surface area contributed by atoms with Crippen LogP contribution in [0.4, 0.5) is 24.8 Å². The minimum Gasteiger partial charge on any atom is -0.491 e. The smallest absolute Gasteiger partial charge is 0.419 e. The zero-order valence-corrected chi connectivity index (χ0v) is 21.1. The number of pyridine rings is 1. The summed E-state index contributed by atoms with van der Waals surface area (Å²) in [6.07, 6.45) is -0.915. The van der Waals surface area contributed by atoms with Gasteiger partial charge >= 0.3 is 6.18 Å². The molecule has 1 atom stereocenters. The van der Waals surface area contributed by atoms with Gasteiger partial charge in [0.15, 0.2) is 0 Å². The predicted octanol–water partition coefficient (Wildman–Crippen LogP) is 7.14. The third kappa shape index (κ3) is 5.33. The molecule has 1 saturated heterocycles. The number of aromatic nitrogens is 3. The maximum atomic E-state index is 13.7. The summed E-state index contributed by atoms with van der Waals surface area (Å²) in [5.74, 6) is 1.47. The third-order valence-corrected chi connectivity index (χ3v) is 6.94. The lowest BCUT2D eigenvalue weighted by Crippen LogP contribution is -2.31. The second kappa shape index (κ2) is 10.1. The maximum Gasteiger partial charge on any atom is 0.419 e. The van der Waals surface area contributed by atoms with E-state index in [1.54, 1.807) is 6.20 Å². The highest BCUT2D eigenvalue weighted by Crippen LogP contribution is 2.39. The number of H-pyrrole nitrogens is 1. The highest BCUT2D eigenvalue weighted by molar-refractivity contribution is 5.85. The molecule has 0 unspecified atom stereocenters. The van der Waals surface area contributed by atoms with Gasteiger partial charge in [-0.05, 0) is 68.9 Å². The van der Waals surface area contributed by atoms with Crippen LogP contribution in [-0.4, -0.2) is 46.1 Å². The van der Waals surface area contributed by atoms with Crippen molar-refractivity contribution in [1.82, 2.24) is 19.9 Å². The fourth-order valence-electron chi connectivity index (χ4n) is 4.86. The molecule has 0 saturated carbocycles. The van der Waals surface area contributed by atoms with Crippen molar-refractivity contribution >= 4 is 33.6 Å². The Morgan fingerprint density at radius 2 is 1.90 bits per heavy atom. The van der Waals surface area contributed by atoms with Crippen LogP contribution in [0.5, 0.6) is 17.2 Å². The number of ether oxygens (including phenoxy) is 2. The maximum absolute atomic E-state index is 13.7. The average molecular weight is 534 g/mol. The van der Waals surface area contributed by atoms with Gasteiger partial charge in [0.1, 0.15) is 23.9 Å². The summed E-state index contributed by atoms with van der Waals surface area (Å²) in [6, 6.07) is 18.8. The van der Waals surface area contributed by atoms with Crippen LogP contribution in [0.3, 0.4) is 0 Å². The number of hydrogen-bond acceptors (Lipinski definition) is 6. The summed E-state index contributed by atoms with van der Waals surface area (Å²) in [6.45, 7) is 1.11. The molecule has 7 nitrogen and oxygen atoms in total. The Balaban J connectivity index is 1.22. The molecule has 6 rings (SSSR count). The van der Waals surface area contributed by atoms with Gasteiger partial charge in [-0.3, -0.25) is 4.98 Å². The van der Waals surface area contributed by atoms with E-state index in [4.69, 9.17) is 9.47 Å². The lowest BCUT2D eigenvalue weighted by molar-refractivity contribution is -0.139. The van der Waals surface area contributed by atoms with Gasteiger partial charge in [0.2, 0.25) is 5.95 Å². The van der Waals surface area contributed by atoms with Gasteiger partial charge in [0.25, 0.3) is 0 Å². The summed E-state index contributed by atoms with van der Waals surface area (Å²) in [7, 11) is 1.96. The number of benzene rings is 3. The van der Waals surface area contributed by atoms with E-state index < -0.39 is 11.7 Å². The number of aromatic amines is 1. The van der Waals surface area contributed by atoms with E-state index in [1.165, 1.54) is 12.1 Å². The lowest BCUT2D eigenvalue weighted by atomic mass is 10.1. The summed E-state index contributed by atoms with van der Waals surface area (Å²) >= 11 is 0. The molecule has 1 aliphatic rings. The van der Waals surface area contributed by atoms with Crippen molar-refractivity contribution in [1.29, 1.82) is 0 Å². The summed E-state index contributed by atoms with van der Waals surface area (Å²) in [4.78, 5) is 14.2. The molecule has 200 valence electrons. The summed E-state index contributed by atoms with van der Waals surface area (Å²) in [5.41, 5.74) is 1.85. The van der Waals surface area contributed by atoms with E-state index in [9.17, 15) is 13.2 Å². The fraction of sp³-hybridized carbons (Fsp3) is 0.241. The Hall–Kier alpha value is -4.31. The molecule has 0 aliphatic carbocycles. The lowest BCUT2D eigenvalue weighted by Gasteiger charge is -2.21. The Labute approximate surface area is 222 Å². The van der Waals surface area contributed by atoms with E-state index in [-0.39, 0.29) is 18.4 Å². The first-order valence-electron chi connectivity index (χ1n) is 12.7. The van der Waals surface area contributed by atoms with Crippen molar-refractivity contribution in [3.8, 4) is 17.2 Å². The second-order valence-corrected chi connectivity index (χ2v) is 9.61. The van der Waals surface area contributed by atoms with E-state index >= 15 is 0 Å². The average Bonchev–Trinajstić information content (AvgIpc) is 3.51. The van der Waals surface area contributed by atoms with Crippen LogP contribution >= 0.6 is 0 Å². The molecule has 0 radical (unpaired) electrons. The van der Waals surface area contributed by atoms with E-state index in [1.807, 2.05) is 55.6 Å². The first kappa shape index (κ1) is 25.0. The topological polar surface area (TPSA) is 75.3 Å². The molecule has 2 N–H and O–H groups in total. The SMILES string of the molecule is CN1CCC[C@@H]1COc1cc(Nc2nc3ccc(Oc4ccnc5ccccc45)cc3[nH]2)ccc1C(F)(F)F. The molecule has 10 heteroatoms. The quantitative estimate of drug-likeness (QED) is 0.232. The van der Waals surface area contributed by atoms with Crippen molar-refractivity contribution in [2.24, 2.45) is 0 Å². The molecule has 0 amide bonds. The van der Waals surface area contributed by atoms with Gasteiger partial charge in [-0.15, -0.1) is 0 Å². The number of fused-ring (bicyclic) bond motifs is 2. The normalized spacial score (nSPS) is 16.2. The number of hydrogen-bond donors (Lipinski definition) is 2. The number of para-hydroxylation sites is 1. The Morgan fingerprint density at radius 1 is 1.03 bits per heavy atom. The van der Waals surface area contributed by atoms with Crippen LogP contribution in [0, 0.1) is 0 Å². The van der Waals surface area contributed by atoms with Crippen LogP contribution in [-0.2, 0) is 6.18 Å². The molecule has 1 aliphatic heterocycles. The van der Waals surface area contributed by atoms with E-state index in [2.05, 4.69) is 25.2 Å². The van der Waals surface area contributed by atoms with Crippen LogP contribution in [0.15, 0.2) is 72.9 Å². The molecular weight excluding hydrogens is 507 g/mol. The second-order valence-electron chi connectivity index (χ2n) is 9.61. The van der Waals surface area contributed by atoms with Gasteiger partial charge in [0, 0.05) is 35.4 Å². The highest BCUT2D eigenvalue weighted by atomic mass is 19.4. The zero-order valence-electron chi connectivity index (χ0n) is 21.1. The molecular formula is C29H26F3N5O2. The number of rotatable bonds is 7. The monoisotopic (exact) mass is 533 g/mol. The van der Waals surface area contributed by atoms with Crippen LogP contribution < -0.4 is 14.8 Å². The van der Waals surface area contributed by atoms with E-state index in [0.29, 0.717) is 34.2 Å². The minimum absolute atomic E-state index is 0.0969. The summed E-state index contributed by atoms with van der Waals surface area (Å²) in [5, 5.41) is 3.96. The predicted molar refractivity (Wildman–Crippen MR) is 144 cm³/mol. The van der Waals surface area contributed by atoms with Gasteiger partial charge < -0.3 is 24.7 Å². The van der Waals surface area contributed by atoms with Gasteiger partial charge in [-0.2, -0.15) is 13.2 Å². The van der Waals surface area contributed by atoms with Gasteiger partial charge in [-0.1, -0.05) is 12.1 Å². The largest absolute Gasteiger partial charge is 0.491 e. The van der Waals surface area contributed by atoms with E-state index in [0.717, 1.165) is 36.4 Å². The number of likely N-dealkylation sites (tertiary alicyclic amines) is 1. The molecule has 0 bridgehead atoms. The first-order chi connectivity index (χ1) is 18.8. The van der Waals surface area contributed by atoms with Crippen LogP contribution in [0.25, 0.3) is 21.9 Å². The number of nitrogens with one attached hydrogen (secondary N) is 2. The molecule has 0 spiro atoms. The summed E-state index contributed by atoms with van der Waals surface area (Å²) < 4.78 is 52.8. The number of anilines is 2. The molecule has 3 aromatic carbocycles. The van der Waals surface area contributed by atoms with Crippen molar-refractivity contribution in [2.45, 2.75) is 25.1 Å². The Kier molecular flexibility index (Phi) is 6.48. The van der Waals surface area contributed by atoms with Crippen LogP contribution in [0.2, 0.25) is 0 Å². The fourth-order valence-corrected chi connectivity index (χ4v) is 4.86. The zero-order chi connectivity index (χ0) is 27.0. The van der Waals surface area contributed by atoms with Crippen LogP contribution in [0.1, 0.15) is 18.4 Å². The molecule has 39 heavy (non-hydrogen) atoms. The van der Waals surface area contributed by atoms with Crippen molar-refractivity contribution in [3.05, 3.63) is 78.5 Å². The standard InChI is InChI=1S/C29H26F3N5O2/c1-37-14-4-5-19(37)17-38-27-15-18(8-10-22(27)29(30,31)32)34-28-35-24-11-9-20(16-25(24)36-28)39-26-12-13-33-23-7-3-2-6-21(23)26/h2-3,6-13,15-16,19H,4-5,14,17H2,1H3,(H2,34,35,36)/t19-/m1/s1.